The lowest BCUT2D eigenvalue weighted by Crippen LogP contribution is -2.31. The van der Waals surface area contributed by atoms with E-state index in [-0.39, 0.29) is 28.6 Å². The molecular weight excluding hydrogens is 308 g/mol. The van der Waals surface area contributed by atoms with Gasteiger partial charge < -0.3 is 15.0 Å². The average molecular weight is 325 g/mol. The molecule has 0 unspecified atom stereocenters. The molecule has 6 nitrogen and oxygen atoms in total. The maximum Gasteiger partial charge on any atom is 0.337 e. The second-order valence-electron chi connectivity index (χ2n) is 5.00. The molecule has 118 valence electrons. The van der Waals surface area contributed by atoms with Crippen molar-refractivity contribution in [2.75, 3.05) is 25.5 Å². The van der Waals surface area contributed by atoms with E-state index in [1.54, 1.807) is 4.90 Å². The van der Waals surface area contributed by atoms with Gasteiger partial charge in [0, 0.05) is 13.1 Å². The number of hydrogen-bond donors (Lipinski definition) is 1. The van der Waals surface area contributed by atoms with Crippen LogP contribution >= 0.6 is 11.6 Å². The summed E-state index contributed by atoms with van der Waals surface area (Å²) in [6.45, 7) is 1.40. The van der Waals surface area contributed by atoms with Gasteiger partial charge in [0.25, 0.3) is 0 Å². The van der Waals surface area contributed by atoms with Gasteiger partial charge in [0.1, 0.15) is 6.42 Å². The van der Waals surface area contributed by atoms with Crippen LogP contribution in [0.2, 0.25) is 5.02 Å². The lowest BCUT2D eigenvalue weighted by Gasteiger charge is -2.15. The van der Waals surface area contributed by atoms with E-state index >= 15 is 0 Å². The zero-order valence-corrected chi connectivity index (χ0v) is 13.0. The number of likely N-dealkylation sites (tertiary alicyclic amines) is 1. The van der Waals surface area contributed by atoms with Crippen LogP contribution in [0.25, 0.3) is 0 Å². The highest BCUT2D eigenvalue weighted by Crippen LogP contribution is 2.23. The van der Waals surface area contributed by atoms with Gasteiger partial charge in [0.2, 0.25) is 11.8 Å². The number of hydrogen-bond acceptors (Lipinski definition) is 4. The van der Waals surface area contributed by atoms with E-state index < -0.39 is 11.9 Å². The Morgan fingerprint density at radius 1 is 1.27 bits per heavy atom. The lowest BCUT2D eigenvalue weighted by atomic mass is 10.2. The molecule has 1 aliphatic rings. The monoisotopic (exact) mass is 324 g/mol. The molecule has 0 saturated carbocycles. The first kappa shape index (κ1) is 16.3. The van der Waals surface area contributed by atoms with Gasteiger partial charge in [-0.2, -0.15) is 0 Å². The minimum Gasteiger partial charge on any atom is -0.465 e. The Bertz CT molecular complexity index is 597. The van der Waals surface area contributed by atoms with Gasteiger partial charge in [-0.1, -0.05) is 11.6 Å². The number of halogens is 1. The van der Waals surface area contributed by atoms with Crippen LogP contribution in [0, 0.1) is 0 Å². The molecular formula is C15H17ClN2O4. The van der Waals surface area contributed by atoms with E-state index in [2.05, 4.69) is 10.1 Å². The third-order valence-corrected chi connectivity index (χ3v) is 3.76. The summed E-state index contributed by atoms with van der Waals surface area (Å²) in [5.41, 5.74) is 0.553. The van der Waals surface area contributed by atoms with Crippen molar-refractivity contribution < 1.29 is 19.1 Å². The molecule has 0 bridgehead atoms. The lowest BCUT2D eigenvalue weighted by molar-refractivity contribution is -0.133. The SMILES string of the molecule is COC(=O)c1ccc(Cl)c(NC(=O)CC(=O)N2CCCC2)c1. The van der Waals surface area contributed by atoms with Gasteiger partial charge >= 0.3 is 5.97 Å². The second kappa shape index (κ2) is 7.26. The second-order valence-corrected chi connectivity index (χ2v) is 5.41. The van der Waals surface area contributed by atoms with Crippen molar-refractivity contribution in [3.8, 4) is 0 Å². The van der Waals surface area contributed by atoms with E-state index in [1.807, 2.05) is 0 Å². The molecule has 7 heteroatoms. The summed E-state index contributed by atoms with van der Waals surface area (Å²) in [6.07, 6.45) is 1.71. The molecule has 0 aromatic heterocycles. The number of amides is 2. The standard InChI is InChI=1S/C15H17ClN2O4/c1-22-15(21)10-4-5-11(16)12(8-10)17-13(19)9-14(20)18-6-2-3-7-18/h4-5,8H,2-3,6-7,9H2,1H3,(H,17,19). The van der Waals surface area contributed by atoms with Gasteiger partial charge in [-0.3, -0.25) is 9.59 Å². The van der Waals surface area contributed by atoms with E-state index in [0.29, 0.717) is 13.1 Å². The first-order valence-corrected chi connectivity index (χ1v) is 7.34. The van der Waals surface area contributed by atoms with Crippen LogP contribution in [0.1, 0.15) is 29.6 Å². The van der Waals surface area contributed by atoms with Crippen molar-refractivity contribution in [3.63, 3.8) is 0 Å². The molecule has 1 aliphatic heterocycles. The predicted octanol–water partition coefficient (Wildman–Crippen LogP) is 2.08. The molecule has 0 aliphatic carbocycles. The third-order valence-electron chi connectivity index (χ3n) is 3.43. The molecule has 0 atom stereocenters. The molecule has 0 radical (unpaired) electrons. The maximum atomic E-state index is 11.9. The predicted molar refractivity (Wildman–Crippen MR) is 81.9 cm³/mol. The zero-order chi connectivity index (χ0) is 16.1. The number of rotatable bonds is 4. The van der Waals surface area contributed by atoms with Crippen molar-refractivity contribution in [2.45, 2.75) is 19.3 Å². The van der Waals surface area contributed by atoms with E-state index in [1.165, 1.54) is 25.3 Å². The summed E-state index contributed by atoms with van der Waals surface area (Å²) < 4.78 is 4.61. The number of anilines is 1. The normalized spacial score (nSPS) is 13.8. The number of ether oxygens (including phenoxy) is 1. The van der Waals surface area contributed by atoms with E-state index in [9.17, 15) is 14.4 Å². The van der Waals surface area contributed by atoms with Crippen LogP contribution in [0.4, 0.5) is 5.69 Å². The summed E-state index contributed by atoms with van der Waals surface area (Å²) >= 11 is 5.99. The van der Waals surface area contributed by atoms with Gasteiger partial charge in [-0.25, -0.2) is 4.79 Å². The number of nitrogens with zero attached hydrogens (tertiary/aromatic N) is 1. The number of nitrogens with one attached hydrogen (secondary N) is 1. The molecule has 1 N–H and O–H groups in total. The van der Waals surface area contributed by atoms with Crippen molar-refractivity contribution >= 4 is 35.1 Å². The number of methoxy groups -OCH3 is 1. The van der Waals surface area contributed by atoms with Crippen LogP contribution in [-0.2, 0) is 14.3 Å². The Morgan fingerprint density at radius 2 is 1.95 bits per heavy atom. The van der Waals surface area contributed by atoms with Gasteiger partial charge in [0.05, 0.1) is 23.4 Å². The van der Waals surface area contributed by atoms with Crippen LogP contribution in [-0.4, -0.2) is 42.9 Å². The first-order chi connectivity index (χ1) is 10.5. The highest BCUT2D eigenvalue weighted by molar-refractivity contribution is 6.34. The van der Waals surface area contributed by atoms with Crippen molar-refractivity contribution in [3.05, 3.63) is 28.8 Å². The highest BCUT2D eigenvalue weighted by Gasteiger charge is 2.21. The van der Waals surface area contributed by atoms with Crippen molar-refractivity contribution in [2.24, 2.45) is 0 Å². The third kappa shape index (κ3) is 3.98. The summed E-state index contributed by atoms with van der Waals surface area (Å²) in [7, 11) is 1.27. The van der Waals surface area contributed by atoms with Crippen LogP contribution in [0.5, 0.6) is 0 Å². The number of carbonyl (C=O) groups is 3. The number of carbonyl (C=O) groups excluding carboxylic acids is 3. The minimum absolute atomic E-state index is 0.199. The Morgan fingerprint density at radius 3 is 2.59 bits per heavy atom. The highest BCUT2D eigenvalue weighted by atomic mass is 35.5. The largest absolute Gasteiger partial charge is 0.465 e. The van der Waals surface area contributed by atoms with E-state index in [4.69, 9.17) is 11.6 Å². The topological polar surface area (TPSA) is 75.7 Å². The molecule has 2 rings (SSSR count). The number of benzene rings is 1. The Hall–Kier alpha value is -2.08. The summed E-state index contributed by atoms with van der Waals surface area (Å²) in [5, 5.41) is 2.84. The first-order valence-electron chi connectivity index (χ1n) is 6.96. The minimum atomic E-state index is -0.527. The van der Waals surface area contributed by atoms with Crippen molar-refractivity contribution in [1.82, 2.24) is 4.90 Å². The molecule has 1 saturated heterocycles. The summed E-state index contributed by atoms with van der Waals surface area (Å²) in [4.78, 5) is 37.0. The fourth-order valence-corrected chi connectivity index (χ4v) is 2.44. The van der Waals surface area contributed by atoms with Crippen LogP contribution in [0.15, 0.2) is 18.2 Å². The smallest absolute Gasteiger partial charge is 0.337 e. The molecule has 1 fully saturated rings. The molecule has 2 amide bonds. The molecule has 0 spiro atoms. The van der Waals surface area contributed by atoms with Crippen molar-refractivity contribution in [1.29, 1.82) is 0 Å². The Balaban J connectivity index is 2.01. The number of esters is 1. The fraction of sp³-hybridized carbons (Fsp3) is 0.400. The van der Waals surface area contributed by atoms with Crippen LogP contribution < -0.4 is 5.32 Å². The quantitative estimate of drug-likeness (QED) is 0.679. The van der Waals surface area contributed by atoms with Gasteiger partial charge in [0.15, 0.2) is 0 Å². The molecule has 1 aromatic rings. The Labute approximate surface area is 133 Å². The fourth-order valence-electron chi connectivity index (χ4n) is 2.28. The summed E-state index contributed by atoms with van der Waals surface area (Å²) in [5.74, 6) is -1.18. The zero-order valence-electron chi connectivity index (χ0n) is 12.2. The van der Waals surface area contributed by atoms with Gasteiger partial charge in [-0.15, -0.1) is 0 Å². The van der Waals surface area contributed by atoms with Crippen LogP contribution in [0.3, 0.4) is 0 Å². The van der Waals surface area contributed by atoms with E-state index in [0.717, 1.165) is 12.8 Å². The maximum absolute atomic E-state index is 11.9. The summed E-state index contributed by atoms with van der Waals surface area (Å²) in [6, 6.07) is 4.41. The molecule has 22 heavy (non-hydrogen) atoms. The average Bonchev–Trinajstić information content (AvgIpc) is 3.03. The van der Waals surface area contributed by atoms with Gasteiger partial charge in [-0.05, 0) is 31.0 Å². The Kier molecular flexibility index (Phi) is 5.38. The molecule has 1 aromatic carbocycles. The molecule has 1 heterocycles.